The van der Waals surface area contributed by atoms with Crippen LogP contribution in [0, 0.1) is 11.3 Å². The molecule has 3 aromatic rings. The first-order chi connectivity index (χ1) is 10.8. The highest BCUT2D eigenvalue weighted by atomic mass is 32.1. The Hall–Kier alpha value is -2.71. The highest BCUT2D eigenvalue weighted by Crippen LogP contribution is 2.41. The van der Waals surface area contributed by atoms with E-state index in [0.29, 0.717) is 5.69 Å². The van der Waals surface area contributed by atoms with Gasteiger partial charge < -0.3 is 0 Å². The molecular formula is C17H12N4S. The van der Waals surface area contributed by atoms with E-state index in [0.717, 1.165) is 23.4 Å². The third-order valence-corrected chi connectivity index (χ3v) is 4.74. The monoisotopic (exact) mass is 304 g/mol. The summed E-state index contributed by atoms with van der Waals surface area (Å²) in [7, 11) is 0. The van der Waals surface area contributed by atoms with Crippen LogP contribution >= 0.6 is 11.3 Å². The molecule has 0 aliphatic heterocycles. The topological polar surface area (TPSA) is 65.4 Å². The maximum Gasteiger partial charge on any atom is 0.169 e. The van der Waals surface area contributed by atoms with Crippen molar-refractivity contribution in [1.29, 1.82) is 5.26 Å². The van der Waals surface area contributed by atoms with Gasteiger partial charge in [0, 0.05) is 23.1 Å². The summed E-state index contributed by atoms with van der Waals surface area (Å²) >= 11 is 1.59. The van der Waals surface area contributed by atoms with Crippen LogP contribution in [0.3, 0.4) is 0 Å². The Balaban J connectivity index is 1.91. The number of nitrogens with one attached hydrogen (secondary N) is 1. The molecule has 4 nitrogen and oxygen atoms in total. The van der Waals surface area contributed by atoms with Gasteiger partial charge in [-0.25, -0.2) is 4.98 Å². The number of thiazole rings is 1. The molecule has 0 saturated carbocycles. The van der Waals surface area contributed by atoms with E-state index in [1.807, 2.05) is 29.8 Å². The highest BCUT2D eigenvalue weighted by molar-refractivity contribution is 7.07. The van der Waals surface area contributed by atoms with Gasteiger partial charge in [0.05, 0.1) is 16.6 Å². The summed E-state index contributed by atoms with van der Waals surface area (Å²) in [5.41, 5.74) is 6.09. The number of benzene rings is 1. The van der Waals surface area contributed by atoms with Crippen LogP contribution in [0.5, 0.6) is 0 Å². The average molecular weight is 304 g/mol. The summed E-state index contributed by atoms with van der Waals surface area (Å²) in [6.45, 7) is 0. The number of hydrogen-bond donors (Lipinski definition) is 1. The number of aromatic amines is 1. The Morgan fingerprint density at radius 2 is 2.14 bits per heavy atom. The predicted molar refractivity (Wildman–Crippen MR) is 85.4 cm³/mol. The van der Waals surface area contributed by atoms with Crippen molar-refractivity contribution in [3.8, 4) is 6.07 Å². The van der Waals surface area contributed by atoms with Crippen LogP contribution in [0.4, 0.5) is 0 Å². The van der Waals surface area contributed by atoms with E-state index in [1.165, 1.54) is 5.56 Å². The van der Waals surface area contributed by atoms with Gasteiger partial charge in [0.2, 0.25) is 0 Å². The van der Waals surface area contributed by atoms with Crippen molar-refractivity contribution < 1.29 is 0 Å². The van der Waals surface area contributed by atoms with Crippen LogP contribution in [-0.4, -0.2) is 15.2 Å². The minimum atomic E-state index is -0.312. The molecule has 1 N–H and O–H groups in total. The largest absolute Gasteiger partial charge is 0.281 e. The van der Waals surface area contributed by atoms with Crippen molar-refractivity contribution >= 4 is 17.4 Å². The number of allylic oxidation sites excluding steroid dienone is 1. The number of fused-ring (bicyclic) bond motifs is 1. The summed E-state index contributed by atoms with van der Waals surface area (Å²) in [6, 6.07) is 12.5. The fourth-order valence-electron chi connectivity index (χ4n) is 3.04. The molecule has 2 aromatic heterocycles. The van der Waals surface area contributed by atoms with E-state index < -0.39 is 0 Å². The van der Waals surface area contributed by atoms with E-state index in [9.17, 15) is 0 Å². The Labute approximate surface area is 131 Å². The Morgan fingerprint density at radius 1 is 1.27 bits per heavy atom. The van der Waals surface area contributed by atoms with Crippen LogP contribution in [0.25, 0.3) is 6.08 Å². The number of H-pyrrole nitrogens is 1. The molecule has 0 radical (unpaired) electrons. The molecule has 4 rings (SSSR count). The standard InChI is InChI=1S/C17H12N4S/c18-9-15-13-6-7-17(8-14(13)20-21-15,16-10-22-11-19-16)12-4-2-1-3-5-12/h1-7,10-11H,8H2,(H,20,21). The molecule has 0 fully saturated rings. The van der Waals surface area contributed by atoms with Crippen molar-refractivity contribution in [3.05, 3.63) is 75.5 Å². The second-order valence-electron chi connectivity index (χ2n) is 5.30. The van der Waals surface area contributed by atoms with Gasteiger partial charge >= 0.3 is 0 Å². The van der Waals surface area contributed by atoms with Crippen LogP contribution in [0.1, 0.15) is 28.2 Å². The van der Waals surface area contributed by atoms with E-state index in [-0.39, 0.29) is 5.41 Å². The number of rotatable bonds is 2. The average Bonchev–Trinajstić information content (AvgIpc) is 3.24. The molecule has 1 aromatic carbocycles. The number of aromatic nitrogens is 3. The van der Waals surface area contributed by atoms with Gasteiger partial charge in [-0.05, 0) is 5.56 Å². The Bertz CT molecular complexity index is 871. The third-order valence-electron chi connectivity index (χ3n) is 4.16. The van der Waals surface area contributed by atoms with Crippen molar-refractivity contribution in [2.45, 2.75) is 11.8 Å². The maximum atomic E-state index is 9.14. The van der Waals surface area contributed by atoms with E-state index >= 15 is 0 Å². The second kappa shape index (κ2) is 4.93. The summed E-state index contributed by atoms with van der Waals surface area (Å²) in [6.07, 6.45) is 4.87. The van der Waals surface area contributed by atoms with Crippen LogP contribution in [0.15, 0.2) is 47.3 Å². The van der Waals surface area contributed by atoms with Gasteiger partial charge in [-0.15, -0.1) is 11.3 Å². The zero-order chi connectivity index (χ0) is 15.0. The molecule has 0 saturated heterocycles. The fourth-order valence-corrected chi connectivity index (χ4v) is 3.68. The lowest BCUT2D eigenvalue weighted by Crippen LogP contribution is -2.30. The molecule has 106 valence electrons. The van der Waals surface area contributed by atoms with Gasteiger partial charge in [0.15, 0.2) is 5.69 Å². The zero-order valence-corrected chi connectivity index (χ0v) is 12.5. The van der Waals surface area contributed by atoms with E-state index in [2.05, 4.69) is 44.8 Å². The second-order valence-corrected chi connectivity index (χ2v) is 6.02. The first-order valence-corrected chi connectivity index (χ1v) is 7.88. The van der Waals surface area contributed by atoms with Crippen LogP contribution < -0.4 is 0 Å². The number of nitriles is 1. The smallest absolute Gasteiger partial charge is 0.169 e. The molecule has 1 aliphatic carbocycles. The zero-order valence-electron chi connectivity index (χ0n) is 11.7. The molecule has 5 heteroatoms. The number of nitrogens with zero attached hydrogens (tertiary/aromatic N) is 3. The lowest BCUT2D eigenvalue weighted by Gasteiger charge is -2.32. The van der Waals surface area contributed by atoms with Crippen LogP contribution in [0.2, 0.25) is 0 Å². The van der Waals surface area contributed by atoms with Crippen molar-refractivity contribution in [3.63, 3.8) is 0 Å². The molecule has 0 amide bonds. The van der Waals surface area contributed by atoms with Crippen molar-refractivity contribution in [1.82, 2.24) is 15.2 Å². The van der Waals surface area contributed by atoms with Crippen molar-refractivity contribution in [2.24, 2.45) is 0 Å². The molecule has 1 unspecified atom stereocenters. The molecule has 2 heterocycles. The van der Waals surface area contributed by atoms with Gasteiger partial charge in [0.25, 0.3) is 0 Å². The fraction of sp³-hybridized carbons (Fsp3) is 0.118. The maximum absolute atomic E-state index is 9.14. The van der Waals surface area contributed by atoms with E-state index in [4.69, 9.17) is 5.26 Å². The summed E-state index contributed by atoms with van der Waals surface area (Å²) in [5, 5.41) is 18.3. The van der Waals surface area contributed by atoms with Gasteiger partial charge in [-0.3, -0.25) is 5.10 Å². The molecule has 0 bridgehead atoms. The first kappa shape index (κ1) is 13.0. The number of hydrogen-bond acceptors (Lipinski definition) is 4. The van der Waals surface area contributed by atoms with Crippen LogP contribution in [-0.2, 0) is 11.8 Å². The predicted octanol–water partition coefficient (Wildman–Crippen LogP) is 3.29. The summed E-state index contributed by atoms with van der Waals surface area (Å²) in [5.74, 6) is 0. The third kappa shape index (κ3) is 1.81. The highest BCUT2D eigenvalue weighted by Gasteiger charge is 2.37. The SMILES string of the molecule is N#Cc1n[nH]c2c1C=CC(c1ccccc1)(c1cscn1)C2. The quantitative estimate of drug-likeness (QED) is 0.790. The Morgan fingerprint density at radius 3 is 2.86 bits per heavy atom. The lowest BCUT2D eigenvalue weighted by atomic mass is 9.71. The molecule has 1 aliphatic rings. The molecular weight excluding hydrogens is 292 g/mol. The van der Waals surface area contributed by atoms with Gasteiger partial charge in [0.1, 0.15) is 6.07 Å². The minimum Gasteiger partial charge on any atom is -0.281 e. The summed E-state index contributed by atoms with van der Waals surface area (Å²) in [4.78, 5) is 4.56. The lowest BCUT2D eigenvalue weighted by molar-refractivity contribution is 0.605. The molecule has 22 heavy (non-hydrogen) atoms. The normalized spacial score (nSPS) is 19.6. The van der Waals surface area contributed by atoms with Crippen molar-refractivity contribution in [2.75, 3.05) is 0 Å². The van der Waals surface area contributed by atoms with Gasteiger partial charge in [-0.1, -0.05) is 42.5 Å². The van der Waals surface area contributed by atoms with Gasteiger partial charge in [-0.2, -0.15) is 10.4 Å². The first-order valence-electron chi connectivity index (χ1n) is 6.94. The minimum absolute atomic E-state index is 0.312. The summed E-state index contributed by atoms with van der Waals surface area (Å²) < 4.78 is 0. The molecule has 1 atom stereocenters. The Kier molecular flexibility index (Phi) is 2.91. The molecule has 0 spiro atoms. The van der Waals surface area contributed by atoms with E-state index in [1.54, 1.807) is 11.3 Å².